The van der Waals surface area contributed by atoms with Crippen LogP contribution in [0.25, 0.3) is 0 Å². The quantitative estimate of drug-likeness (QED) is 0.181. The van der Waals surface area contributed by atoms with E-state index < -0.39 is 0 Å². The topological polar surface area (TPSA) is 84.4 Å². The molecule has 1 unspecified atom stereocenters. The Balaban J connectivity index is 0.00000480. The molecule has 0 spiro atoms. The van der Waals surface area contributed by atoms with Crippen LogP contribution in [-0.4, -0.2) is 77.0 Å². The molecule has 31 heavy (non-hydrogen) atoms. The third-order valence-corrected chi connectivity index (χ3v) is 4.66. The number of ether oxygens (including phenoxy) is 3. The summed E-state index contributed by atoms with van der Waals surface area (Å²) in [7, 11) is 3.42. The van der Waals surface area contributed by atoms with Crippen LogP contribution in [0.15, 0.2) is 29.3 Å². The number of hydrogen-bond acceptors (Lipinski definition) is 5. The van der Waals surface area contributed by atoms with Gasteiger partial charge in [-0.15, -0.1) is 24.0 Å². The van der Waals surface area contributed by atoms with Crippen molar-refractivity contribution in [3.05, 3.63) is 29.8 Å². The number of carbonyl (C=O) groups is 1. The van der Waals surface area contributed by atoms with Crippen molar-refractivity contribution in [1.29, 1.82) is 0 Å². The van der Waals surface area contributed by atoms with Crippen molar-refractivity contribution in [2.24, 2.45) is 10.9 Å². The molecular weight excluding hydrogens is 511 g/mol. The zero-order chi connectivity index (χ0) is 21.6. The highest BCUT2D eigenvalue weighted by molar-refractivity contribution is 14.0. The lowest BCUT2D eigenvalue weighted by Gasteiger charge is -2.13. The number of halogens is 1. The molecule has 9 heteroatoms. The van der Waals surface area contributed by atoms with E-state index in [1.54, 1.807) is 14.1 Å². The Morgan fingerprint density at radius 3 is 2.87 bits per heavy atom. The summed E-state index contributed by atoms with van der Waals surface area (Å²) in [5, 5.41) is 6.60. The number of nitrogens with zero attached hydrogens (tertiary/aromatic N) is 2. The van der Waals surface area contributed by atoms with Gasteiger partial charge in [-0.25, -0.2) is 4.99 Å². The Morgan fingerprint density at radius 2 is 2.16 bits per heavy atom. The highest BCUT2D eigenvalue weighted by Crippen LogP contribution is 2.14. The maximum Gasteiger partial charge on any atom is 0.259 e. The first-order valence-corrected chi connectivity index (χ1v) is 10.7. The SMILES string of the molecule is CCNC(=NCc1cccc(OCC(=O)N(C)C)c1)NCCCOCC1CCOC1.I. The van der Waals surface area contributed by atoms with Gasteiger partial charge in [0.15, 0.2) is 12.6 Å². The molecule has 0 saturated carbocycles. The summed E-state index contributed by atoms with van der Waals surface area (Å²) in [6.07, 6.45) is 2.02. The third-order valence-electron chi connectivity index (χ3n) is 4.66. The van der Waals surface area contributed by atoms with Crippen LogP contribution >= 0.6 is 24.0 Å². The maximum absolute atomic E-state index is 11.7. The number of guanidine groups is 1. The average Bonchev–Trinajstić information content (AvgIpc) is 3.26. The van der Waals surface area contributed by atoms with Crippen LogP contribution in [0, 0.1) is 5.92 Å². The fraction of sp³-hybridized carbons (Fsp3) is 0.636. The van der Waals surface area contributed by atoms with E-state index in [9.17, 15) is 4.79 Å². The molecule has 1 aliphatic rings. The van der Waals surface area contributed by atoms with Gasteiger partial charge >= 0.3 is 0 Å². The predicted molar refractivity (Wildman–Crippen MR) is 133 cm³/mol. The Bertz CT molecular complexity index is 667. The van der Waals surface area contributed by atoms with E-state index >= 15 is 0 Å². The Kier molecular flexibility index (Phi) is 14.3. The maximum atomic E-state index is 11.7. The summed E-state index contributed by atoms with van der Waals surface area (Å²) in [5.74, 6) is 1.92. The lowest BCUT2D eigenvalue weighted by atomic mass is 10.1. The number of aliphatic imine (C=N–C) groups is 1. The van der Waals surface area contributed by atoms with Crippen molar-refractivity contribution in [3.63, 3.8) is 0 Å². The lowest BCUT2D eigenvalue weighted by Crippen LogP contribution is -2.38. The number of benzene rings is 1. The molecule has 1 atom stereocenters. The van der Waals surface area contributed by atoms with E-state index in [0.29, 0.717) is 18.2 Å². The van der Waals surface area contributed by atoms with E-state index in [-0.39, 0.29) is 36.5 Å². The van der Waals surface area contributed by atoms with Gasteiger partial charge in [0.25, 0.3) is 5.91 Å². The highest BCUT2D eigenvalue weighted by atomic mass is 127. The average molecular weight is 548 g/mol. The molecule has 1 aromatic carbocycles. The largest absolute Gasteiger partial charge is 0.484 e. The second-order valence-corrected chi connectivity index (χ2v) is 7.50. The van der Waals surface area contributed by atoms with Gasteiger partial charge < -0.3 is 29.7 Å². The first kappa shape index (κ1) is 27.4. The van der Waals surface area contributed by atoms with Crippen LogP contribution in [0.1, 0.15) is 25.3 Å². The standard InChI is InChI=1S/C22H36N4O4.HI/c1-4-23-22(24-10-6-11-28-15-19-9-12-29-16-19)25-14-18-7-5-8-20(13-18)30-17-21(27)26(2)3;/h5,7-8,13,19H,4,6,9-12,14-17H2,1-3H3,(H2,23,24,25);1H. The number of likely N-dealkylation sites (N-methyl/N-ethyl adjacent to an activating group) is 1. The zero-order valence-corrected chi connectivity index (χ0v) is 21.2. The fourth-order valence-electron chi connectivity index (χ4n) is 2.87. The minimum atomic E-state index is -0.0717. The smallest absolute Gasteiger partial charge is 0.259 e. The van der Waals surface area contributed by atoms with Crippen LogP contribution in [0.5, 0.6) is 5.75 Å². The Morgan fingerprint density at radius 1 is 1.32 bits per heavy atom. The first-order valence-electron chi connectivity index (χ1n) is 10.7. The second kappa shape index (κ2) is 16.1. The molecule has 1 saturated heterocycles. The van der Waals surface area contributed by atoms with Gasteiger partial charge in [-0.05, 0) is 37.5 Å². The van der Waals surface area contributed by atoms with Crippen LogP contribution in [-0.2, 0) is 20.8 Å². The van der Waals surface area contributed by atoms with Crippen molar-refractivity contribution < 1.29 is 19.0 Å². The summed E-state index contributed by atoms with van der Waals surface area (Å²) >= 11 is 0. The Hall–Kier alpha value is -1.59. The molecule has 8 nitrogen and oxygen atoms in total. The van der Waals surface area contributed by atoms with E-state index in [1.807, 2.05) is 31.2 Å². The number of rotatable bonds is 12. The molecular formula is C22H37IN4O4. The number of amides is 1. The minimum absolute atomic E-state index is 0. The highest BCUT2D eigenvalue weighted by Gasteiger charge is 2.15. The summed E-state index contributed by atoms with van der Waals surface area (Å²) < 4.78 is 16.7. The molecule has 0 aromatic heterocycles. The van der Waals surface area contributed by atoms with Gasteiger partial charge in [0, 0.05) is 46.3 Å². The minimum Gasteiger partial charge on any atom is -0.484 e. The molecule has 1 amide bonds. The van der Waals surface area contributed by atoms with Crippen molar-refractivity contribution in [3.8, 4) is 5.75 Å². The zero-order valence-electron chi connectivity index (χ0n) is 18.9. The number of nitrogens with one attached hydrogen (secondary N) is 2. The van der Waals surface area contributed by atoms with Crippen molar-refractivity contribution in [2.45, 2.75) is 26.3 Å². The molecule has 1 fully saturated rings. The molecule has 176 valence electrons. The summed E-state index contributed by atoms with van der Waals surface area (Å²) in [4.78, 5) is 17.8. The molecule has 0 radical (unpaired) electrons. The predicted octanol–water partition coefficient (Wildman–Crippen LogP) is 2.27. The van der Waals surface area contributed by atoms with Gasteiger partial charge in [0.2, 0.25) is 0 Å². The third kappa shape index (κ3) is 11.6. The van der Waals surface area contributed by atoms with Crippen molar-refractivity contribution in [2.75, 3.05) is 60.2 Å². The van der Waals surface area contributed by atoms with Gasteiger partial charge in [0.05, 0.1) is 19.8 Å². The summed E-state index contributed by atoms with van der Waals surface area (Å²) in [6.45, 7) is 7.38. The summed E-state index contributed by atoms with van der Waals surface area (Å²) in [5.41, 5.74) is 1.02. The normalized spacial score (nSPS) is 15.8. The van der Waals surface area contributed by atoms with Crippen LogP contribution in [0.3, 0.4) is 0 Å². The molecule has 1 heterocycles. The molecule has 1 aromatic rings. The number of hydrogen-bond donors (Lipinski definition) is 2. The van der Waals surface area contributed by atoms with Crippen LogP contribution in [0.4, 0.5) is 0 Å². The molecule has 2 N–H and O–H groups in total. The van der Waals surface area contributed by atoms with Crippen molar-refractivity contribution >= 4 is 35.8 Å². The second-order valence-electron chi connectivity index (χ2n) is 7.50. The van der Waals surface area contributed by atoms with E-state index in [1.165, 1.54) is 4.90 Å². The van der Waals surface area contributed by atoms with Gasteiger partial charge in [-0.2, -0.15) is 0 Å². The Labute approximate surface area is 203 Å². The molecule has 0 aliphatic carbocycles. The summed E-state index contributed by atoms with van der Waals surface area (Å²) in [6, 6.07) is 7.66. The van der Waals surface area contributed by atoms with Gasteiger partial charge in [-0.1, -0.05) is 12.1 Å². The molecule has 1 aliphatic heterocycles. The molecule has 0 bridgehead atoms. The molecule has 2 rings (SSSR count). The lowest BCUT2D eigenvalue weighted by molar-refractivity contribution is -0.130. The fourth-order valence-corrected chi connectivity index (χ4v) is 2.87. The van der Waals surface area contributed by atoms with E-state index in [0.717, 1.165) is 63.9 Å². The van der Waals surface area contributed by atoms with E-state index in [2.05, 4.69) is 15.6 Å². The van der Waals surface area contributed by atoms with Gasteiger partial charge in [0.1, 0.15) is 5.75 Å². The van der Waals surface area contributed by atoms with E-state index in [4.69, 9.17) is 14.2 Å². The number of carbonyl (C=O) groups excluding carboxylic acids is 1. The van der Waals surface area contributed by atoms with Gasteiger partial charge in [-0.3, -0.25) is 4.79 Å². The first-order chi connectivity index (χ1) is 14.6. The van der Waals surface area contributed by atoms with Crippen LogP contribution in [0.2, 0.25) is 0 Å². The van der Waals surface area contributed by atoms with Crippen molar-refractivity contribution in [1.82, 2.24) is 15.5 Å². The monoisotopic (exact) mass is 548 g/mol. The van der Waals surface area contributed by atoms with Crippen LogP contribution < -0.4 is 15.4 Å².